The Labute approximate surface area is 136 Å². The first kappa shape index (κ1) is 18.6. The summed E-state index contributed by atoms with van der Waals surface area (Å²) in [6.45, 7) is 0. The second-order valence-corrected chi connectivity index (χ2v) is 4.54. The van der Waals surface area contributed by atoms with Crippen molar-refractivity contribution in [3.63, 3.8) is 0 Å². The largest absolute Gasteiger partial charge is 0.497 e. The van der Waals surface area contributed by atoms with Crippen LogP contribution < -0.4 is 9.47 Å². The van der Waals surface area contributed by atoms with Gasteiger partial charge in [0.1, 0.15) is 23.1 Å². The molecular weight excluding hydrogens is 330 g/mol. The van der Waals surface area contributed by atoms with Gasteiger partial charge in [-0.15, -0.1) is 0 Å². The highest BCUT2D eigenvalue weighted by atomic mass is 35.5. The van der Waals surface area contributed by atoms with E-state index in [2.05, 4.69) is 0 Å². The van der Waals surface area contributed by atoms with E-state index in [4.69, 9.17) is 21.1 Å². The van der Waals surface area contributed by atoms with E-state index in [1.165, 1.54) is 38.5 Å². The molecule has 0 aromatic heterocycles. The number of benzene rings is 2. The van der Waals surface area contributed by atoms with Crippen LogP contribution in [0, 0.1) is 11.6 Å². The van der Waals surface area contributed by atoms with Crippen LogP contribution in [0.3, 0.4) is 0 Å². The van der Waals surface area contributed by atoms with Crippen molar-refractivity contribution in [1.29, 1.82) is 0 Å². The van der Waals surface area contributed by atoms with E-state index in [1.54, 1.807) is 0 Å². The number of hydrogen-bond acceptors (Lipinski definition) is 4. The van der Waals surface area contributed by atoms with Gasteiger partial charge in [-0.1, -0.05) is 11.6 Å². The lowest BCUT2D eigenvalue weighted by molar-refractivity contribution is 0.111. The summed E-state index contributed by atoms with van der Waals surface area (Å²) in [7, 11) is 2.82. The third kappa shape index (κ3) is 5.03. The first-order chi connectivity index (χ1) is 11.0. The van der Waals surface area contributed by atoms with Crippen molar-refractivity contribution < 1.29 is 27.8 Å². The average molecular weight is 343 g/mol. The lowest BCUT2D eigenvalue weighted by atomic mass is 10.2. The molecule has 0 heterocycles. The van der Waals surface area contributed by atoms with Gasteiger partial charge in [0.05, 0.1) is 30.4 Å². The van der Waals surface area contributed by atoms with Gasteiger partial charge in [-0.3, -0.25) is 9.59 Å². The molecule has 0 saturated heterocycles. The van der Waals surface area contributed by atoms with E-state index in [1.807, 2.05) is 0 Å². The molecule has 2 aromatic rings. The zero-order chi connectivity index (χ0) is 17.4. The Kier molecular flexibility index (Phi) is 7.15. The van der Waals surface area contributed by atoms with Gasteiger partial charge in [0.2, 0.25) is 0 Å². The van der Waals surface area contributed by atoms with Crippen LogP contribution in [0.15, 0.2) is 30.3 Å². The third-order valence-electron chi connectivity index (χ3n) is 2.73. The van der Waals surface area contributed by atoms with Crippen LogP contribution in [0.1, 0.15) is 20.7 Å². The number of carbonyl (C=O) groups excluding carboxylic acids is 2. The van der Waals surface area contributed by atoms with Crippen LogP contribution in [0.2, 0.25) is 5.02 Å². The summed E-state index contributed by atoms with van der Waals surface area (Å²) < 4.78 is 35.0. The molecule has 0 aliphatic carbocycles. The summed E-state index contributed by atoms with van der Waals surface area (Å²) in [6.07, 6.45) is 0.870. The topological polar surface area (TPSA) is 52.6 Å². The van der Waals surface area contributed by atoms with Crippen LogP contribution >= 0.6 is 11.6 Å². The maximum atomic E-state index is 12.8. The SMILES string of the molecule is COc1cc(F)c(C=O)cc1Cl.COc1ccc(C=O)c(F)c1. The molecule has 122 valence electrons. The Hall–Kier alpha value is -2.47. The molecule has 23 heavy (non-hydrogen) atoms. The van der Waals surface area contributed by atoms with E-state index in [0.29, 0.717) is 18.3 Å². The number of aldehydes is 2. The molecule has 0 unspecified atom stereocenters. The van der Waals surface area contributed by atoms with Crippen LogP contribution in [0.25, 0.3) is 0 Å². The predicted molar refractivity (Wildman–Crippen MR) is 81.7 cm³/mol. The minimum atomic E-state index is -0.633. The molecule has 0 aliphatic rings. The molecule has 4 nitrogen and oxygen atoms in total. The minimum absolute atomic E-state index is 0.0470. The van der Waals surface area contributed by atoms with E-state index in [0.717, 1.165) is 6.07 Å². The minimum Gasteiger partial charge on any atom is -0.497 e. The zero-order valence-electron chi connectivity index (χ0n) is 12.3. The molecule has 0 spiro atoms. The maximum absolute atomic E-state index is 12.8. The quantitative estimate of drug-likeness (QED) is 0.789. The predicted octanol–water partition coefficient (Wildman–Crippen LogP) is 3.95. The number of methoxy groups -OCH3 is 2. The van der Waals surface area contributed by atoms with E-state index in [9.17, 15) is 18.4 Å². The van der Waals surface area contributed by atoms with Crippen molar-refractivity contribution in [3.05, 3.63) is 58.1 Å². The van der Waals surface area contributed by atoms with Gasteiger partial charge in [0, 0.05) is 12.1 Å². The summed E-state index contributed by atoms with van der Waals surface area (Å²) >= 11 is 5.63. The summed E-state index contributed by atoms with van der Waals surface area (Å²) in [5.41, 5.74) is -0.0217. The first-order valence-corrected chi connectivity index (χ1v) is 6.61. The smallest absolute Gasteiger partial charge is 0.153 e. The first-order valence-electron chi connectivity index (χ1n) is 6.23. The van der Waals surface area contributed by atoms with Crippen LogP contribution in [-0.2, 0) is 0 Å². The van der Waals surface area contributed by atoms with E-state index >= 15 is 0 Å². The van der Waals surface area contributed by atoms with Crippen molar-refractivity contribution in [1.82, 2.24) is 0 Å². The molecule has 0 atom stereocenters. The number of hydrogen-bond donors (Lipinski definition) is 0. The van der Waals surface area contributed by atoms with Crippen LogP contribution in [0.5, 0.6) is 11.5 Å². The van der Waals surface area contributed by atoms with Crippen LogP contribution in [0.4, 0.5) is 8.78 Å². The molecule has 2 rings (SSSR count). The Bertz CT molecular complexity index is 705. The Morgan fingerprint density at radius 1 is 0.913 bits per heavy atom. The van der Waals surface area contributed by atoms with Crippen LogP contribution in [-0.4, -0.2) is 26.8 Å². The summed E-state index contributed by atoms with van der Waals surface area (Å²) in [5.74, 6) is -0.557. The monoisotopic (exact) mass is 342 g/mol. The molecule has 7 heteroatoms. The molecular formula is C16H13ClF2O4. The lowest BCUT2D eigenvalue weighted by Crippen LogP contribution is -1.91. The average Bonchev–Trinajstić information content (AvgIpc) is 2.56. The highest BCUT2D eigenvalue weighted by molar-refractivity contribution is 6.32. The van der Waals surface area contributed by atoms with Gasteiger partial charge < -0.3 is 9.47 Å². The summed E-state index contributed by atoms with van der Waals surface area (Å²) in [5, 5.41) is 0.223. The third-order valence-corrected chi connectivity index (χ3v) is 3.03. The fraction of sp³-hybridized carbons (Fsp3) is 0.125. The molecule has 0 saturated carbocycles. The highest BCUT2D eigenvalue weighted by Gasteiger charge is 2.07. The molecule has 0 N–H and O–H groups in total. The molecule has 2 aromatic carbocycles. The van der Waals surface area contributed by atoms with Crippen molar-refractivity contribution in [2.45, 2.75) is 0 Å². The van der Waals surface area contributed by atoms with Gasteiger partial charge in [0.25, 0.3) is 0 Å². The normalized spacial score (nSPS) is 9.43. The zero-order valence-corrected chi connectivity index (χ0v) is 13.1. The Morgan fingerprint density at radius 2 is 1.52 bits per heavy atom. The van der Waals surface area contributed by atoms with Crippen molar-refractivity contribution in [2.75, 3.05) is 14.2 Å². The van der Waals surface area contributed by atoms with Crippen molar-refractivity contribution in [3.8, 4) is 11.5 Å². The molecule has 0 bridgehead atoms. The number of halogens is 3. The fourth-order valence-corrected chi connectivity index (χ4v) is 1.77. The molecule has 0 radical (unpaired) electrons. The fourth-order valence-electron chi connectivity index (χ4n) is 1.52. The summed E-state index contributed by atoms with van der Waals surface area (Å²) in [6, 6.07) is 6.38. The second-order valence-electron chi connectivity index (χ2n) is 4.13. The van der Waals surface area contributed by atoms with E-state index in [-0.39, 0.29) is 21.9 Å². The van der Waals surface area contributed by atoms with Crippen molar-refractivity contribution in [2.24, 2.45) is 0 Å². The highest BCUT2D eigenvalue weighted by Crippen LogP contribution is 2.26. The van der Waals surface area contributed by atoms with Crippen molar-refractivity contribution >= 4 is 24.2 Å². The number of ether oxygens (including phenoxy) is 2. The number of rotatable bonds is 4. The Balaban J connectivity index is 0.000000231. The van der Waals surface area contributed by atoms with Gasteiger partial charge in [-0.2, -0.15) is 0 Å². The van der Waals surface area contributed by atoms with Gasteiger partial charge in [0.15, 0.2) is 12.6 Å². The second kappa shape index (κ2) is 8.85. The molecule has 0 amide bonds. The van der Waals surface area contributed by atoms with Gasteiger partial charge in [-0.05, 0) is 18.2 Å². The lowest BCUT2D eigenvalue weighted by Gasteiger charge is -2.03. The van der Waals surface area contributed by atoms with E-state index < -0.39 is 11.6 Å². The molecule has 0 aliphatic heterocycles. The molecule has 0 fully saturated rings. The standard InChI is InChI=1S/C8H6ClFO2.C8H7FO2/c1-12-8-3-7(10)5(4-11)2-6(8)9;1-11-7-3-2-6(5-10)8(9)4-7/h2-4H,1H3;2-5H,1H3. The Morgan fingerprint density at radius 3 is 2.00 bits per heavy atom. The number of carbonyl (C=O) groups is 2. The summed E-state index contributed by atoms with van der Waals surface area (Å²) in [4.78, 5) is 20.4. The van der Waals surface area contributed by atoms with Gasteiger partial charge >= 0.3 is 0 Å². The maximum Gasteiger partial charge on any atom is 0.153 e. The van der Waals surface area contributed by atoms with Gasteiger partial charge in [-0.25, -0.2) is 8.78 Å².